The van der Waals surface area contributed by atoms with Crippen LogP contribution in [0.25, 0.3) is 11.3 Å². The largest absolute Gasteiger partial charge is 0.384 e. The molecule has 3 heterocycles. The van der Waals surface area contributed by atoms with Gasteiger partial charge in [0.2, 0.25) is 15.9 Å². The van der Waals surface area contributed by atoms with E-state index in [-0.39, 0.29) is 52.9 Å². The second-order valence-electron chi connectivity index (χ2n) is 10.6. The maximum Gasteiger partial charge on any atom is 0.243 e. The molecule has 232 valence electrons. The Morgan fingerprint density at radius 2 is 1.91 bits per heavy atom. The Bertz CT molecular complexity index is 1470. The lowest BCUT2D eigenvalue weighted by Gasteiger charge is -2.33. The van der Waals surface area contributed by atoms with Crippen LogP contribution in [0.2, 0.25) is 0 Å². The van der Waals surface area contributed by atoms with Crippen LogP contribution in [0.15, 0.2) is 65.8 Å². The molecule has 3 aromatic rings. The summed E-state index contributed by atoms with van der Waals surface area (Å²) in [6.07, 6.45) is 6.66. The van der Waals surface area contributed by atoms with E-state index in [2.05, 4.69) is 32.2 Å². The quantitative estimate of drug-likeness (QED) is 0.217. The number of rotatable bonds is 13. The van der Waals surface area contributed by atoms with Gasteiger partial charge in [0.25, 0.3) is 0 Å². The van der Waals surface area contributed by atoms with Crippen LogP contribution in [0, 0.1) is 11.8 Å². The number of nitrogens with two attached hydrogens (primary N) is 1. The highest BCUT2D eigenvalue weighted by molar-refractivity contribution is 7.89. The van der Waals surface area contributed by atoms with Gasteiger partial charge in [-0.3, -0.25) is 14.6 Å². The number of hydrogen-bond donors (Lipinski definition) is 4. The van der Waals surface area contributed by atoms with E-state index in [9.17, 15) is 18.0 Å². The maximum absolute atomic E-state index is 14.1. The molecule has 4 rings (SSSR count). The molecule has 0 saturated carbocycles. The van der Waals surface area contributed by atoms with Gasteiger partial charge in [-0.2, -0.15) is 0 Å². The summed E-state index contributed by atoms with van der Waals surface area (Å²) < 4.78 is 30.8. The number of sulfonamides is 1. The van der Waals surface area contributed by atoms with Crippen molar-refractivity contribution in [3.05, 3.63) is 66.5 Å². The minimum atomic E-state index is -4.25. The Hall–Kier alpha value is -3.38. The summed E-state index contributed by atoms with van der Waals surface area (Å²) in [5.74, 6) is -0.145. The number of anilines is 2. The molecule has 1 aliphatic heterocycles. The fourth-order valence-electron chi connectivity index (χ4n) is 5.44. The number of halogens is 1. The summed E-state index contributed by atoms with van der Waals surface area (Å²) in [5.41, 5.74) is 7.79. The van der Waals surface area contributed by atoms with Crippen molar-refractivity contribution in [3.8, 4) is 11.3 Å². The van der Waals surface area contributed by atoms with Gasteiger partial charge < -0.3 is 16.4 Å². The molecule has 1 fully saturated rings. The van der Waals surface area contributed by atoms with Crippen LogP contribution >= 0.6 is 12.4 Å². The number of aromatic nitrogens is 2. The first-order valence-electron chi connectivity index (χ1n) is 14.5. The minimum Gasteiger partial charge on any atom is -0.384 e. The standard InChI is InChI=1S/C31H40N6O4S.ClH/c1-3-22-16-18-33-20-24(22)31(39)26(12-7-9-21-14-15-28(32)35-19-21)37-42(40,41)27-13-8-10-23(25-11-5-6-17-34-25)30(27)36-29(38)4-2;/h5-6,8,10-11,13-15,17,19,22,24,26,33,37H,3-4,7,9,12,16,18,20H2,1-2H3,(H2,32,35)(H,36,38);1H/t22?,24?,26-;/m0./s1. The van der Waals surface area contributed by atoms with Crippen molar-refractivity contribution in [2.24, 2.45) is 11.8 Å². The zero-order valence-corrected chi connectivity index (χ0v) is 26.2. The second kappa shape index (κ2) is 15.9. The van der Waals surface area contributed by atoms with Crippen molar-refractivity contribution in [2.45, 2.75) is 63.3 Å². The van der Waals surface area contributed by atoms with E-state index < -0.39 is 16.1 Å². The van der Waals surface area contributed by atoms with Crippen molar-refractivity contribution >= 4 is 45.6 Å². The van der Waals surface area contributed by atoms with Gasteiger partial charge in [0.05, 0.1) is 17.4 Å². The molecule has 12 heteroatoms. The van der Waals surface area contributed by atoms with Crippen molar-refractivity contribution in [1.29, 1.82) is 0 Å². The molecule has 3 atom stereocenters. The summed E-state index contributed by atoms with van der Waals surface area (Å²) in [5, 5.41) is 6.08. The molecule has 1 aliphatic rings. The third-order valence-electron chi connectivity index (χ3n) is 7.80. The van der Waals surface area contributed by atoms with Crippen LogP contribution in [0.3, 0.4) is 0 Å². The molecular weight excluding hydrogens is 588 g/mol. The molecule has 1 saturated heterocycles. The summed E-state index contributed by atoms with van der Waals surface area (Å²) in [7, 11) is -4.25. The third kappa shape index (κ3) is 8.82. The number of para-hydroxylation sites is 1. The fourth-order valence-corrected chi connectivity index (χ4v) is 6.87. The molecule has 0 bridgehead atoms. The molecule has 2 aromatic heterocycles. The highest BCUT2D eigenvalue weighted by atomic mass is 35.5. The number of hydrogen-bond acceptors (Lipinski definition) is 8. The maximum atomic E-state index is 14.1. The molecule has 1 aromatic carbocycles. The predicted molar refractivity (Wildman–Crippen MR) is 171 cm³/mol. The Balaban J connectivity index is 0.00000506. The zero-order valence-electron chi connectivity index (χ0n) is 24.6. The van der Waals surface area contributed by atoms with Gasteiger partial charge in [-0.1, -0.05) is 44.5 Å². The Labute approximate surface area is 260 Å². The lowest BCUT2D eigenvalue weighted by molar-refractivity contribution is -0.127. The zero-order chi connectivity index (χ0) is 30.1. The van der Waals surface area contributed by atoms with Crippen LogP contribution in [0.4, 0.5) is 11.5 Å². The number of nitrogens with zero attached hydrogens (tertiary/aromatic N) is 2. The van der Waals surface area contributed by atoms with E-state index >= 15 is 0 Å². The number of nitrogens with one attached hydrogen (secondary N) is 3. The van der Waals surface area contributed by atoms with Gasteiger partial charge in [0.15, 0.2) is 5.78 Å². The third-order valence-corrected chi connectivity index (χ3v) is 9.32. The second-order valence-corrected chi connectivity index (χ2v) is 12.3. The Morgan fingerprint density at radius 3 is 2.58 bits per heavy atom. The molecule has 2 unspecified atom stereocenters. The monoisotopic (exact) mass is 628 g/mol. The summed E-state index contributed by atoms with van der Waals surface area (Å²) in [6, 6.07) is 12.7. The lowest BCUT2D eigenvalue weighted by Crippen LogP contribution is -2.50. The van der Waals surface area contributed by atoms with Crippen LogP contribution in [-0.4, -0.2) is 49.2 Å². The number of pyridine rings is 2. The number of aryl methyl sites for hydroxylation is 1. The van der Waals surface area contributed by atoms with Crippen molar-refractivity contribution in [2.75, 3.05) is 24.1 Å². The van der Waals surface area contributed by atoms with Gasteiger partial charge in [-0.25, -0.2) is 18.1 Å². The Morgan fingerprint density at radius 1 is 1.09 bits per heavy atom. The normalized spacial score (nSPS) is 17.4. The fraction of sp³-hybridized carbons (Fsp3) is 0.419. The van der Waals surface area contributed by atoms with Gasteiger partial charge >= 0.3 is 0 Å². The first-order valence-corrected chi connectivity index (χ1v) is 16.0. The molecule has 0 spiro atoms. The van der Waals surface area contributed by atoms with Crippen LogP contribution < -0.4 is 21.1 Å². The molecule has 0 radical (unpaired) electrons. The molecular formula is C31H41ClN6O4S. The van der Waals surface area contributed by atoms with E-state index in [0.717, 1.165) is 24.9 Å². The molecule has 0 aliphatic carbocycles. The van der Waals surface area contributed by atoms with Crippen LogP contribution in [-0.2, 0) is 26.0 Å². The molecule has 1 amide bonds. The minimum absolute atomic E-state index is 0. The number of carbonyl (C=O) groups excluding carboxylic acids is 2. The number of carbonyl (C=O) groups is 2. The average Bonchev–Trinajstić information content (AvgIpc) is 3.01. The number of piperidine rings is 1. The smallest absolute Gasteiger partial charge is 0.243 e. The lowest BCUT2D eigenvalue weighted by atomic mass is 9.79. The highest BCUT2D eigenvalue weighted by Crippen LogP contribution is 2.33. The molecule has 43 heavy (non-hydrogen) atoms. The molecule has 10 nitrogen and oxygen atoms in total. The predicted octanol–water partition coefficient (Wildman–Crippen LogP) is 4.37. The summed E-state index contributed by atoms with van der Waals surface area (Å²) >= 11 is 0. The van der Waals surface area contributed by atoms with Gasteiger partial charge in [-0.15, -0.1) is 12.4 Å². The van der Waals surface area contributed by atoms with E-state index in [4.69, 9.17) is 5.73 Å². The topological polar surface area (TPSA) is 156 Å². The van der Waals surface area contributed by atoms with Crippen molar-refractivity contribution in [1.82, 2.24) is 20.0 Å². The average molecular weight is 629 g/mol. The number of amides is 1. The number of benzene rings is 1. The van der Waals surface area contributed by atoms with Gasteiger partial charge in [-0.05, 0) is 68.0 Å². The molecule has 5 N–H and O–H groups in total. The van der Waals surface area contributed by atoms with E-state index in [0.29, 0.717) is 42.9 Å². The number of nitrogen functional groups attached to an aromatic ring is 1. The number of ketones is 1. The van der Waals surface area contributed by atoms with E-state index in [1.807, 2.05) is 6.07 Å². The van der Waals surface area contributed by atoms with E-state index in [1.54, 1.807) is 55.7 Å². The van der Waals surface area contributed by atoms with Gasteiger partial charge in [0, 0.05) is 36.8 Å². The highest BCUT2D eigenvalue weighted by Gasteiger charge is 2.36. The SMILES string of the molecule is CCC(=O)Nc1c(-c2ccccn2)cccc1S(=O)(=O)N[C@@H](CCCc1ccc(N)nc1)C(=O)C1CNCCC1CC.Cl. The first-order chi connectivity index (χ1) is 20.2. The Kier molecular flexibility index (Phi) is 12.6. The summed E-state index contributed by atoms with van der Waals surface area (Å²) in [6.45, 7) is 5.11. The van der Waals surface area contributed by atoms with Crippen LogP contribution in [0.1, 0.15) is 51.5 Å². The van der Waals surface area contributed by atoms with Crippen molar-refractivity contribution in [3.63, 3.8) is 0 Å². The van der Waals surface area contributed by atoms with Crippen LogP contribution in [0.5, 0.6) is 0 Å². The van der Waals surface area contributed by atoms with Gasteiger partial charge in [0.1, 0.15) is 10.7 Å². The van der Waals surface area contributed by atoms with Crippen molar-refractivity contribution < 1.29 is 18.0 Å². The van der Waals surface area contributed by atoms with E-state index in [1.165, 1.54) is 6.07 Å². The number of Topliss-reactive ketones (excluding diaryl/α,β-unsaturated/α-hetero) is 1. The summed E-state index contributed by atoms with van der Waals surface area (Å²) in [4.78, 5) is 34.9. The first kappa shape index (κ1) is 34.1.